The minimum atomic E-state index is -0.294. The molecule has 0 spiro atoms. The van der Waals surface area contributed by atoms with Crippen molar-refractivity contribution in [2.24, 2.45) is 5.41 Å². The summed E-state index contributed by atoms with van der Waals surface area (Å²) in [6, 6.07) is 4.86. The van der Waals surface area contributed by atoms with Crippen LogP contribution in [-0.2, 0) is 0 Å². The largest absolute Gasteiger partial charge is 0.493 e. The third-order valence-electron chi connectivity index (χ3n) is 3.56. The van der Waals surface area contributed by atoms with Crippen LogP contribution in [0, 0.1) is 5.41 Å². The number of amides is 2. The number of hydrogen-bond donors (Lipinski definition) is 3. The summed E-state index contributed by atoms with van der Waals surface area (Å²) in [7, 11) is 3.10. The maximum atomic E-state index is 11.8. The first kappa shape index (κ1) is 14.5. The number of carbonyl (C=O) groups excluding carboxylic acids is 1. The van der Waals surface area contributed by atoms with Crippen LogP contribution >= 0.6 is 0 Å². The first-order valence-corrected chi connectivity index (χ1v) is 6.50. The summed E-state index contributed by atoms with van der Waals surface area (Å²) in [6.45, 7) is 0.603. The molecule has 0 bridgehead atoms. The number of ether oxygens (including phenoxy) is 2. The fourth-order valence-electron chi connectivity index (χ4n) is 1.92. The van der Waals surface area contributed by atoms with Gasteiger partial charge in [0.05, 0.1) is 20.8 Å². The van der Waals surface area contributed by atoms with Crippen molar-refractivity contribution < 1.29 is 19.4 Å². The van der Waals surface area contributed by atoms with Crippen molar-refractivity contribution >= 4 is 11.7 Å². The molecular formula is C14H20N2O4. The Hall–Kier alpha value is -1.95. The van der Waals surface area contributed by atoms with Crippen LogP contribution in [-0.4, -0.2) is 38.5 Å². The minimum Gasteiger partial charge on any atom is -0.493 e. The van der Waals surface area contributed by atoms with Gasteiger partial charge in [0, 0.05) is 23.7 Å². The number of aliphatic hydroxyl groups excluding tert-OH is 1. The molecule has 0 aliphatic heterocycles. The maximum absolute atomic E-state index is 11.8. The van der Waals surface area contributed by atoms with E-state index in [4.69, 9.17) is 9.47 Å². The molecule has 1 aromatic rings. The highest BCUT2D eigenvalue weighted by Crippen LogP contribution is 2.44. The highest BCUT2D eigenvalue weighted by atomic mass is 16.5. The molecule has 6 heteroatoms. The van der Waals surface area contributed by atoms with Crippen LogP contribution in [0.2, 0.25) is 0 Å². The van der Waals surface area contributed by atoms with Gasteiger partial charge in [-0.25, -0.2) is 4.79 Å². The van der Waals surface area contributed by atoms with Gasteiger partial charge in [0.2, 0.25) is 0 Å². The van der Waals surface area contributed by atoms with E-state index in [1.54, 1.807) is 32.4 Å². The number of urea groups is 1. The summed E-state index contributed by atoms with van der Waals surface area (Å²) in [5.74, 6) is 1.16. The Labute approximate surface area is 118 Å². The van der Waals surface area contributed by atoms with Crippen molar-refractivity contribution in [1.82, 2.24) is 5.32 Å². The quantitative estimate of drug-likeness (QED) is 0.739. The predicted octanol–water partition coefficient (Wildman–Crippen LogP) is 1.60. The molecule has 0 unspecified atom stereocenters. The van der Waals surface area contributed by atoms with E-state index in [-0.39, 0.29) is 18.1 Å². The lowest BCUT2D eigenvalue weighted by Gasteiger charge is -2.14. The summed E-state index contributed by atoms with van der Waals surface area (Å²) in [5.41, 5.74) is 0.517. The van der Waals surface area contributed by atoms with Crippen molar-refractivity contribution in [3.63, 3.8) is 0 Å². The predicted molar refractivity (Wildman–Crippen MR) is 75.3 cm³/mol. The number of hydrogen-bond acceptors (Lipinski definition) is 4. The monoisotopic (exact) mass is 280 g/mol. The van der Waals surface area contributed by atoms with Crippen molar-refractivity contribution in [3.05, 3.63) is 18.2 Å². The van der Waals surface area contributed by atoms with Gasteiger partial charge in [-0.05, 0) is 25.0 Å². The van der Waals surface area contributed by atoms with Crippen LogP contribution < -0.4 is 20.1 Å². The van der Waals surface area contributed by atoms with E-state index in [1.165, 1.54) is 0 Å². The van der Waals surface area contributed by atoms with Crippen molar-refractivity contribution in [2.45, 2.75) is 12.8 Å². The Morgan fingerprint density at radius 3 is 2.55 bits per heavy atom. The van der Waals surface area contributed by atoms with Gasteiger partial charge < -0.3 is 25.2 Å². The van der Waals surface area contributed by atoms with E-state index < -0.39 is 0 Å². The SMILES string of the molecule is COc1ccc(NC(=O)NCC2(CO)CC2)cc1OC. The lowest BCUT2D eigenvalue weighted by Crippen LogP contribution is -2.35. The molecule has 3 N–H and O–H groups in total. The van der Waals surface area contributed by atoms with Crippen LogP contribution in [0.3, 0.4) is 0 Å². The molecule has 1 aromatic carbocycles. The second kappa shape index (κ2) is 6.00. The van der Waals surface area contributed by atoms with Crippen LogP contribution in [0.4, 0.5) is 10.5 Å². The lowest BCUT2D eigenvalue weighted by molar-refractivity contribution is 0.206. The van der Waals surface area contributed by atoms with E-state index in [0.717, 1.165) is 12.8 Å². The number of nitrogens with one attached hydrogen (secondary N) is 2. The van der Waals surface area contributed by atoms with Gasteiger partial charge in [-0.2, -0.15) is 0 Å². The van der Waals surface area contributed by atoms with Crippen LogP contribution in [0.1, 0.15) is 12.8 Å². The summed E-state index contributed by atoms with van der Waals surface area (Å²) in [5, 5.41) is 14.7. The molecule has 0 aromatic heterocycles. The van der Waals surface area contributed by atoms with E-state index >= 15 is 0 Å². The number of rotatable bonds is 6. The Morgan fingerprint density at radius 2 is 2.00 bits per heavy atom. The average Bonchev–Trinajstić information content (AvgIpc) is 3.25. The summed E-state index contributed by atoms with van der Waals surface area (Å²) < 4.78 is 10.3. The van der Waals surface area contributed by atoms with Crippen LogP contribution in [0.25, 0.3) is 0 Å². The summed E-state index contributed by atoms with van der Waals surface area (Å²) in [6.07, 6.45) is 1.92. The van der Waals surface area contributed by atoms with Gasteiger partial charge in [0.15, 0.2) is 11.5 Å². The highest BCUT2D eigenvalue weighted by Gasteiger charge is 2.42. The van der Waals surface area contributed by atoms with Gasteiger partial charge in [0.25, 0.3) is 0 Å². The van der Waals surface area contributed by atoms with Gasteiger partial charge in [0.1, 0.15) is 0 Å². The number of carbonyl (C=O) groups is 1. The fraction of sp³-hybridized carbons (Fsp3) is 0.500. The molecule has 2 rings (SSSR count). The molecule has 1 aliphatic carbocycles. The molecule has 2 amide bonds. The third-order valence-corrected chi connectivity index (χ3v) is 3.56. The molecule has 1 fully saturated rings. The molecule has 0 radical (unpaired) electrons. The average molecular weight is 280 g/mol. The first-order chi connectivity index (χ1) is 9.62. The van der Waals surface area contributed by atoms with Gasteiger partial charge in [-0.3, -0.25) is 0 Å². The Bertz CT molecular complexity index is 486. The molecule has 110 valence electrons. The molecule has 0 heterocycles. The number of benzene rings is 1. The minimum absolute atomic E-state index is 0.102. The zero-order chi connectivity index (χ0) is 14.6. The van der Waals surface area contributed by atoms with Gasteiger partial charge in [-0.1, -0.05) is 0 Å². The van der Waals surface area contributed by atoms with E-state index in [2.05, 4.69) is 10.6 Å². The normalized spacial score (nSPS) is 15.3. The highest BCUT2D eigenvalue weighted by molar-refractivity contribution is 5.89. The molecule has 1 aliphatic rings. The van der Waals surface area contributed by atoms with E-state index in [1.807, 2.05) is 0 Å². The van der Waals surface area contributed by atoms with Crippen molar-refractivity contribution in [3.8, 4) is 11.5 Å². The van der Waals surface area contributed by atoms with E-state index in [0.29, 0.717) is 23.7 Å². The summed E-state index contributed by atoms with van der Waals surface area (Å²) >= 11 is 0. The second-order valence-electron chi connectivity index (χ2n) is 5.04. The van der Waals surface area contributed by atoms with Crippen LogP contribution in [0.15, 0.2) is 18.2 Å². The topological polar surface area (TPSA) is 79.8 Å². The molecule has 1 saturated carbocycles. The smallest absolute Gasteiger partial charge is 0.319 e. The zero-order valence-corrected chi connectivity index (χ0v) is 11.7. The van der Waals surface area contributed by atoms with Crippen molar-refractivity contribution in [2.75, 3.05) is 32.7 Å². The molecular weight excluding hydrogens is 260 g/mol. The van der Waals surface area contributed by atoms with Gasteiger partial charge in [-0.15, -0.1) is 0 Å². The first-order valence-electron chi connectivity index (χ1n) is 6.50. The van der Waals surface area contributed by atoms with Gasteiger partial charge >= 0.3 is 6.03 Å². The Balaban J connectivity index is 1.90. The fourth-order valence-corrected chi connectivity index (χ4v) is 1.92. The van der Waals surface area contributed by atoms with Crippen molar-refractivity contribution in [1.29, 1.82) is 0 Å². The maximum Gasteiger partial charge on any atom is 0.319 e. The molecule has 0 atom stereocenters. The zero-order valence-electron chi connectivity index (χ0n) is 11.7. The summed E-state index contributed by atoms with van der Waals surface area (Å²) in [4.78, 5) is 11.8. The standard InChI is InChI=1S/C14H20N2O4/c1-19-11-4-3-10(7-12(11)20-2)16-13(18)15-8-14(9-17)5-6-14/h3-4,7,17H,5-6,8-9H2,1-2H3,(H2,15,16,18). The molecule has 0 saturated heterocycles. The molecule has 20 heavy (non-hydrogen) atoms. The van der Waals surface area contributed by atoms with Crippen LogP contribution in [0.5, 0.6) is 11.5 Å². The second-order valence-corrected chi connectivity index (χ2v) is 5.04. The Kier molecular flexibility index (Phi) is 4.34. The Morgan fingerprint density at radius 1 is 1.30 bits per heavy atom. The van der Waals surface area contributed by atoms with E-state index in [9.17, 15) is 9.90 Å². The third kappa shape index (κ3) is 3.33. The number of methoxy groups -OCH3 is 2. The number of aliphatic hydroxyl groups is 1. The number of anilines is 1. The lowest BCUT2D eigenvalue weighted by atomic mass is 10.1. The molecule has 6 nitrogen and oxygen atoms in total.